The van der Waals surface area contributed by atoms with E-state index in [0.29, 0.717) is 5.39 Å². The molecule has 0 bridgehead atoms. The van der Waals surface area contributed by atoms with Crippen LogP contribution in [0.15, 0.2) is 30.3 Å². The summed E-state index contributed by atoms with van der Waals surface area (Å²) in [7, 11) is 0. The summed E-state index contributed by atoms with van der Waals surface area (Å²) < 4.78 is 4.49. The van der Waals surface area contributed by atoms with Gasteiger partial charge >= 0.3 is 11.9 Å². The predicted octanol–water partition coefficient (Wildman–Crippen LogP) is 1.86. The van der Waals surface area contributed by atoms with Gasteiger partial charge in [-0.3, -0.25) is 0 Å². The van der Waals surface area contributed by atoms with Gasteiger partial charge in [-0.2, -0.15) is 0 Å². The lowest BCUT2D eigenvalue weighted by Crippen LogP contribution is -1.96. The first-order valence-corrected chi connectivity index (χ1v) is 4.68. The Labute approximate surface area is 90.1 Å². The number of cyclic esters (lactones) is 2. The maximum absolute atomic E-state index is 11.3. The van der Waals surface area contributed by atoms with Gasteiger partial charge < -0.3 is 9.84 Å². The second-order valence-electron chi connectivity index (χ2n) is 3.61. The van der Waals surface area contributed by atoms with Gasteiger partial charge in [-0.15, -0.1) is 0 Å². The average Bonchev–Trinajstić information content (AvgIpc) is 2.52. The molecule has 0 saturated carbocycles. The van der Waals surface area contributed by atoms with Gasteiger partial charge in [0.15, 0.2) is 0 Å². The van der Waals surface area contributed by atoms with E-state index in [1.54, 1.807) is 18.2 Å². The molecule has 1 heterocycles. The number of ether oxygens (including phenoxy) is 1. The number of phenols is 1. The Morgan fingerprint density at radius 3 is 2.19 bits per heavy atom. The quantitative estimate of drug-likeness (QED) is 0.537. The van der Waals surface area contributed by atoms with Crippen LogP contribution in [0.4, 0.5) is 0 Å². The van der Waals surface area contributed by atoms with Crippen LogP contribution in [0.3, 0.4) is 0 Å². The monoisotopic (exact) mass is 214 g/mol. The first kappa shape index (κ1) is 8.91. The minimum atomic E-state index is -0.634. The molecule has 0 atom stereocenters. The Kier molecular flexibility index (Phi) is 1.57. The predicted molar refractivity (Wildman–Crippen MR) is 55.4 cm³/mol. The molecule has 2 aromatic rings. The number of carbonyl (C=O) groups is 2. The Bertz CT molecular complexity index is 643. The second kappa shape index (κ2) is 2.82. The highest BCUT2D eigenvalue weighted by atomic mass is 16.6. The largest absolute Gasteiger partial charge is 0.508 e. The van der Waals surface area contributed by atoms with E-state index in [1.807, 2.05) is 0 Å². The Morgan fingerprint density at radius 2 is 1.50 bits per heavy atom. The molecule has 16 heavy (non-hydrogen) atoms. The van der Waals surface area contributed by atoms with Crippen LogP contribution in [-0.4, -0.2) is 17.0 Å². The molecular formula is C12H6O4. The van der Waals surface area contributed by atoms with E-state index >= 15 is 0 Å². The second-order valence-corrected chi connectivity index (χ2v) is 3.61. The van der Waals surface area contributed by atoms with E-state index < -0.39 is 11.9 Å². The summed E-state index contributed by atoms with van der Waals surface area (Å²) in [5.74, 6) is -1.13. The molecule has 0 saturated heterocycles. The molecule has 1 aliphatic heterocycles. The summed E-state index contributed by atoms with van der Waals surface area (Å²) in [6, 6.07) is 7.89. The molecule has 0 aliphatic carbocycles. The Morgan fingerprint density at radius 1 is 0.875 bits per heavy atom. The van der Waals surface area contributed by atoms with Crippen molar-refractivity contribution in [1.82, 2.24) is 0 Å². The minimum Gasteiger partial charge on any atom is -0.508 e. The molecule has 0 unspecified atom stereocenters. The number of phenolic OH excluding ortho intramolecular Hbond substituents is 1. The Hall–Kier alpha value is -2.36. The van der Waals surface area contributed by atoms with Crippen LogP contribution >= 0.6 is 0 Å². The van der Waals surface area contributed by atoms with Crippen LogP contribution in [0, 0.1) is 0 Å². The number of carbonyl (C=O) groups excluding carboxylic acids is 2. The zero-order valence-electron chi connectivity index (χ0n) is 8.06. The fraction of sp³-hybridized carbons (Fsp3) is 0. The molecule has 3 rings (SSSR count). The van der Waals surface area contributed by atoms with Gasteiger partial charge in [-0.05, 0) is 35.0 Å². The molecule has 0 radical (unpaired) electrons. The molecule has 0 amide bonds. The van der Waals surface area contributed by atoms with Crippen LogP contribution in [0.5, 0.6) is 5.75 Å². The summed E-state index contributed by atoms with van der Waals surface area (Å²) in [5.41, 5.74) is 0.534. The third-order valence-corrected chi connectivity index (χ3v) is 2.59. The fourth-order valence-corrected chi connectivity index (χ4v) is 1.82. The third kappa shape index (κ3) is 1.10. The van der Waals surface area contributed by atoms with E-state index in [4.69, 9.17) is 0 Å². The number of hydrogen-bond acceptors (Lipinski definition) is 4. The van der Waals surface area contributed by atoms with Crippen molar-refractivity contribution >= 4 is 22.7 Å². The summed E-state index contributed by atoms with van der Waals surface area (Å²) in [6.45, 7) is 0. The number of hydrogen-bond donors (Lipinski definition) is 1. The molecule has 0 aromatic heterocycles. The van der Waals surface area contributed by atoms with Crippen molar-refractivity contribution in [2.75, 3.05) is 0 Å². The molecule has 0 spiro atoms. The van der Waals surface area contributed by atoms with E-state index in [2.05, 4.69) is 4.74 Å². The molecule has 1 N–H and O–H groups in total. The lowest BCUT2D eigenvalue weighted by molar-refractivity contribution is 0.0444. The van der Waals surface area contributed by atoms with E-state index in [1.165, 1.54) is 12.1 Å². The van der Waals surface area contributed by atoms with Gasteiger partial charge in [0.05, 0.1) is 11.1 Å². The zero-order valence-corrected chi connectivity index (χ0v) is 8.06. The molecule has 1 aliphatic rings. The van der Waals surface area contributed by atoms with Crippen molar-refractivity contribution in [3.8, 4) is 5.75 Å². The van der Waals surface area contributed by atoms with Crippen molar-refractivity contribution in [3.05, 3.63) is 41.5 Å². The number of fused-ring (bicyclic) bond motifs is 2. The topological polar surface area (TPSA) is 63.6 Å². The van der Waals surface area contributed by atoms with E-state index in [0.717, 1.165) is 5.39 Å². The molecule has 78 valence electrons. The highest BCUT2D eigenvalue weighted by Crippen LogP contribution is 2.28. The number of esters is 2. The molecular weight excluding hydrogens is 208 g/mol. The van der Waals surface area contributed by atoms with Gasteiger partial charge in [0.2, 0.25) is 0 Å². The van der Waals surface area contributed by atoms with Crippen molar-refractivity contribution in [2.45, 2.75) is 0 Å². The van der Waals surface area contributed by atoms with Crippen molar-refractivity contribution in [2.24, 2.45) is 0 Å². The number of benzene rings is 2. The maximum atomic E-state index is 11.3. The van der Waals surface area contributed by atoms with Crippen LogP contribution in [0.2, 0.25) is 0 Å². The number of aromatic hydroxyl groups is 1. The highest BCUT2D eigenvalue weighted by Gasteiger charge is 2.29. The minimum absolute atomic E-state index is 0.116. The Balaban J connectivity index is 2.38. The van der Waals surface area contributed by atoms with Crippen LogP contribution in [0.25, 0.3) is 10.8 Å². The lowest BCUT2D eigenvalue weighted by Gasteiger charge is -2.00. The zero-order chi connectivity index (χ0) is 11.3. The molecule has 4 heteroatoms. The molecule has 0 fully saturated rings. The lowest BCUT2D eigenvalue weighted by atomic mass is 10.0. The molecule has 2 aromatic carbocycles. The normalized spacial score (nSPS) is 14.0. The SMILES string of the molecule is O=C1OC(=O)c2cc3cc(O)ccc3cc21. The van der Waals surface area contributed by atoms with Gasteiger partial charge in [0, 0.05) is 0 Å². The van der Waals surface area contributed by atoms with Crippen LogP contribution in [0.1, 0.15) is 20.7 Å². The third-order valence-electron chi connectivity index (χ3n) is 2.59. The average molecular weight is 214 g/mol. The molecule has 4 nitrogen and oxygen atoms in total. The summed E-state index contributed by atoms with van der Waals surface area (Å²) in [4.78, 5) is 22.6. The maximum Gasteiger partial charge on any atom is 0.346 e. The van der Waals surface area contributed by atoms with Gasteiger partial charge in [0.25, 0.3) is 0 Å². The van der Waals surface area contributed by atoms with Gasteiger partial charge in [-0.25, -0.2) is 9.59 Å². The standard InChI is InChI=1S/C12H6O4/c13-8-2-1-6-4-9-10(5-7(6)3-8)12(15)16-11(9)14/h1-5,13H. The summed E-state index contributed by atoms with van der Waals surface area (Å²) >= 11 is 0. The van der Waals surface area contributed by atoms with Crippen molar-refractivity contribution in [1.29, 1.82) is 0 Å². The van der Waals surface area contributed by atoms with Crippen molar-refractivity contribution < 1.29 is 19.4 Å². The highest BCUT2D eigenvalue weighted by molar-refractivity contribution is 6.17. The van der Waals surface area contributed by atoms with E-state index in [-0.39, 0.29) is 16.9 Å². The fourth-order valence-electron chi connectivity index (χ4n) is 1.82. The number of rotatable bonds is 0. The summed E-state index contributed by atoms with van der Waals surface area (Å²) in [6.07, 6.45) is 0. The van der Waals surface area contributed by atoms with Gasteiger partial charge in [-0.1, -0.05) is 6.07 Å². The summed E-state index contributed by atoms with van der Waals surface area (Å²) in [5, 5.41) is 10.8. The smallest absolute Gasteiger partial charge is 0.346 e. The first-order valence-electron chi connectivity index (χ1n) is 4.68. The van der Waals surface area contributed by atoms with Crippen molar-refractivity contribution in [3.63, 3.8) is 0 Å². The van der Waals surface area contributed by atoms with Crippen LogP contribution in [-0.2, 0) is 4.74 Å². The van der Waals surface area contributed by atoms with Crippen LogP contribution < -0.4 is 0 Å². The van der Waals surface area contributed by atoms with Gasteiger partial charge in [0.1, 0.15) is 5.75 Å². The first-order chi connectivity index (χ1) is 7.65. The van der Waals surface area contributed by atoms with E-state index in [9.17, 15) is 14.7 Å².